The van der Waals surface area contributed by atoms with Crippen molar-refractivity contribution in [2.24, 2.45) is 5.14 Å². The van der Waals surface area contributed by atoms with Crippen molar-refractivity contribution in [3.8, 4) is 0 Å². The smallest absolute Gasteiger partial charge is 0.311 e. The number of aromatic nitrogens is 1. The number of rotatable bonds is 5. The van der Waals surface area contributed by atoms with E-state index in [4.69, 9.17) is 5.14 Å². The lowest BCUT2D eigenvalue weighted by Crippen LogP contribution is -2.24. The lowest BCUT2D eigenvalue weighted by atomic mass is 10.1. The van der Waals surface area contributed by atoms with Gasteiger partial charge in [0, 0.05) is 19.3 Å². The fraction of sp³-hybridized carbons (Fsp3) is 0.214. The highest BCUT2D eigenvalue weighted by Crippen LogP contribution is 2.31. The van der Waals surface area contributed by atoms with Crippen molar-refractivity contribution in [1.82, 2.24) is 4.98 Å². The molecule has 0 saturated heterocycles. The Balaban J connectivity index is 2.41. The van der Waals surface area contributed by atoms with Crippen LogP contribution in [0.5, 0.6) is 0 Å². The lowest BCUT2D eigenvalue weighted by molar-refractivity contribution is -0.384. The minimum absolute atomic E-state index is 0.00855. The molecular formula is C14H16N4O4S. The molecule has 1 atom stereocenters. The molecule has 23 heavy (non-hydrogen) atoms. The first-order valence-corrected chi connectivity index (χ1v) is 8.21. The van der Waals surface area contributed by atoms with Crippen LogP contribution >= 0.6 is 0 Å². The van der Waals surface area contributed by atoms with Crippen molar-refractivity contribution in [2.45, 2.75) is 17.9 Å². The van der Waals surface area contributed by atoms with Crippen molar-refractivity contribution in [3.05, 3.63) is 58.3 Å². The molecule has 0 aliphatic heterocycles. The Kier molecular flexibility index (Phi) is 4.62. The standard InChI is InChI=1S/C14H16N4O4S/c1-10(11-5-3-6-12(9-11)23(15,21)22)17(2)14-13(18(19)20)7-4-8-16-14/h3-10H,1-2H3,(H2,15,21,22)/t10-/m1/s1. The number of nitrogens with two attached hydrogens (primary N) is 1. The maximum atomic E-state index is 11.5. The average Bonchev–Trinajstić information content (AvgIpc) is 2.52. The van der Waals surface area contributed by atoms with Crippen LogP contribution in [0, 0.1) is 10.1 Å². The van der Waals surface area contributed by atoms with Gasteiger partial charge in [0.25, 0.3) is 0 Å². The van der Waals surface area contributed by atoms with E-state index in [1.807, 2.05) is 0 Å². The van der Waals surface area contributed by atoms with Crippen LogP contribution in [0.4, 0.5) is 11.5 Å². The fourth-order valence-electron chi connectivity index (χ4n) is 2.16. The summed E-state index contributed by atoms with van der Waals surface area (Å²) in [5, 5.41) is 16.2. The molecular weight excluding hydrogens is 320 g/mol. The van der Waals surface area contributed by atoms with E-state index >= 15 is 0 Å². The van der Waals surface area contributed by atoms with Crippen molar-refractivity contribution >= 4 is 21.5 Å². The third-order valence-electron chi connectivity index (χ3n) is 3.55. The molecule has 0 radical (unpaired) electrons. The van der Waals surface area contributed by atoms with Crippen molar-refractivity contribution < 1.29 is 13.3 Å². The lowest BCUT2D eigenvalue weighted by Gasteiger charge is -2.26. The van der Waals surface area contributed by atoms with Crippen LogP contribution in [-0.2, 0) is 10.0 Å². The van der Waals surface area contributed by atoms with Gasteiger partial charge in [0.05, 0.1) is 15.9 Å². The normalized spacial score (nSPS) is 12.7. The molecule has 0 aliphatic rings. The predicted octanol–water partition coefficient (Wildman–Crippen LogP) is 1.83. The Morgan fingerprint density at radius 3 is 2.61 bits per heavy atom. The van der Waals surface area contributed by atoms with Crippen LogP contribution < -0.4 is 10.0 Å². The van der Waals surface area contributed by atoms with E-state index in [1.165, 1.54) is 30.5 Å². The zero-order valence-electron chi connectivity index (χ0n) is 12.6. The van der Waals surface area contributed by atoms with Gasteiger partial charge in [-0.1, -0.05) is 12.1 Å². The van der Waals surface area contributed by atoms with Crippen LogP contribution in [0.1, 0.15) is 18.5 Å². The number of pyridine rings is 1. The number of sulfonamides is 1. The van der Waals surface area contributed by atoms with Gasteiger partial charge in [-0.2, -0.15) is 0 Å². The number of nitrogens with zero attached hydrogens (tertiary/aromatic N) is 3. The van der Waals surface area contributed by atoms with Gasteiger partial charge in [-0.3, -0.25) is 10.1 Å². The molecule has 122 valence electrons. The summed E-state index contributed by atoms with van der Waals surface area (Å²) in [4.78, 5) is 16.3. The summed E-state index contributed by atoms with van der Waals surface area (Å²) in [7, 11) is -2.16. The molecule has 0 saturated carbocycles. The topological polar surface area (TPSA) is 119 Å². The Hall–Kier alpha value is -2.52. The Labute approximate surface area is 133 Å². The predicted molar refractivity (Wildman–Crippen MR) is 85.5 cm³/mol. The van der Waals surface area contributed by atoms with Gasteiger partial charge in [0.15, 0.2) is 0 Å². The second kappa shape index (κ2) is 6.31. The molecule has 2 aromatic rings. The average molecular weight is 336 g/mol. The summed E-state index contributed by atoms with van der Waals surface area (Å²) in [5.74, 6) is 0.200. The van der Waals surface area contributed by atoms with E-state index in [9.17, 15) is 18.5 Å². The van der Waals surface area contributed by atoms with Crippen molar-refractivity contribution in [2.75, 3.05) is 11.9 Å². The maximum absolute atomic E-state index is 11.5. The molecule has 0 unspecified atom stereocenters. The minimum atomic E-state index is -3.81. The Morgan fingerprint density at radius 2 is 2.00 bits per heavy atom. The Morgan fingerprint density at radius 1 is 1.30 bits per heavy atom. The summed E-state index contributed by atoms with van der Waals surface area (Å²) in [5.41, 5.74) is 0.531. The SMILES string of the molecule is C[C@H](c1cccc(S(N)(=O)=O)c1)N(C)c1ncccc1[N+](=O)[O-]. The van der Waals surface area contributed by atoms with Crippen molar-refractivity contribution in [1.29, 1.82) is 0 Å². The van der Waals surface area contributed by atoms with Gasteiger partial charge in [0.2, 0.25) is 15.8 Å². The molecule has 0 amide bonds. The van der Waals surface area contributed by atoms with E-state index in [0.717, 1.165) is 0 Å². The second-order valence-corrected chi connectivity index (χ2v) is 6.57. The highest BCUT2D eigenvalue weighted by atomic mass is 32.2. The summed E-state index contributed by atoms with van der Waals surface area (Å²) in [6.45, 7) is 1.79. The van der Waals surface area contributed by atoms with E-state index < -0.39 is 14.9 Å². The van der Waals surface area contributed by atoms with Gasteiger partial charge in [-0.15, -0.1) is 0 Å². The van der Waals surface area contributed by atoms with Gasteiger partial charge in [-0.05, 0) is 30.7 Å². The van der Waals surface area contributed by atoms with Gasteiger partial charge in [0.1, 0.15) is 0 Å². The molecule has 9 heteroatoms. The zero-order chi connectivity index (χ0) is 17.2. The first-order valence-electron chi connectivity index (χ1n) is 6.67. The third kappa shape index (κ3) is 3.63. The second-order valence-electron chi connectivity index (χ2n) is 5.01. The zero-order valence-corrected chi connectivity index (χ0v) is 13.4. The summed E-state index contributed by atoms with van der Waals surface area (Å²) in [6, 6.07) is 8.66. The highest BCUT2D eigenvalue weighted by molar-refractivity contribution is 7.89. The first kappa shape index (κ1) is 16.8. The van der Waals surface area contributed by atoms with Crippen LogP contribution in [0.25, 0.3) is 0 Å². The van der Waals surface area contributed by atoms with E-state index in [0.29, 0.717) is 5.56 Å². The number of primary sulfonamides is 1. The molecule has 0 fully saturated rings. The van der Waals surface area contributed by atoms with Crippen LogP contribution in [0.15, 0.2) is 47.5 Å². The van der Waals surface area contributed by atoms with Gasteiger partial charge >= 0.3 is 5.69 Å². The molecule has 2 rings (SSSR count). The molecule has 8 nitrogen and oxygen atoms in total. The van der Waals surface area contributed by atoms with E-state index in [2.05, 4.69) is 4.98 Å². The Bertz CT molecular complexity index is 838. The van der Waals surface area contributed by atoms with E-state index in [-0.39, 0.29) is 22.4 Å². The number of nitro groups is 1. The largest absolute Gasteiger partial charge is 0.347 e. The molecule has 0 bridgehead atoms. The van der Waals surface area contributed by atoms with Crippen molar-refractivity contribution in [3.63, 3.8) is 0 Å². The van der Waals surface area contributed by atoms with E-state index in [1.54, 1.807) is 31.0 Å². The van der Waals surface area contributed by atoms with Crippen LogP contribution in [-0.4, -0.2) is 25.4 Å². The maximum Gasteiger partial charge on any atom is 0.311 e. The fourth-order valence-corrected chi connectivity index (χ4v) is 2.73. The number of benzene rings is 1. The van der Waals surface area contributed by atoms with Crippen LogP contribution in [0.3, 0.4) is 0 Å². The molecule has 1 aromatic carbocycles. The molecule has 2 N–H and O–H groups in total. The summed E-state index contributed by atoms with van der Waals surface area (Å²) < 4.78 is 22.9. The highest BCUT2D eigenvalue weighted by Gasteiger charge is 2.23. The van der Waals surface area contributed by atoms with Gasteiger partial charge < -0.3 is 4.90 Å². The van der Waals surface area contributed by atoms with Gasteiger partial charge in [-0.25, -0.2) is 18.5 Å². The first-order chi connectivity index (χ1) is 10.7. The van der Waals surface area contributed by atoms with Crippen LogP contribution in [0.2, 0.25) is 0 Å². The quantitative estimate of drug-likeness (QED) is 0.657. The molecule has 1 heterocycles. The number of hydrogen-bond acceptors (Lipinski definition) is 6. The monoisotopic (exact) mass is 336 g/mol. The summed E-state index contributed by atoms with van der Waals surface area (Å²) in [6.07, 6.45) is 1.46. The summed E-state index contributed by atoms with van der Waals surface area (Å²) >= 11 is 0. The molecule has 1 aromatic heterocycles. The number of anilines is 1. The number of hydrogen-bond donors (Lipinski definition) is 1. The minimum Gasteiger partial charge on any atom is -0.347 e. The molecule has 0 spiro atoms. The third-order valence-corrected chi connectivity index (χ3v) is 4.46. The molecule has 0 aliphatic carbocycles.